The predicted molar refractivity (Wildman–Crippen MR) is 62.7 cm³/mol. The number of hydrogen-bond acceptors (Lipinski definition) is 2. The maximum absolute atomic E-state index is 11.9. The van der Waals surface area contributed by atoms with Crippen LogP contribution in [0.25, 0.3) is 0 Å². The van der Waals surface area contributed by atoms with E-state index in [1.54, 1.807) is 18.3 Å². The van der Waals surface area contributed by atoms with Crippen molar-refractivity contribution in [1.29, 1.82) is 0 Å². The highest BCUT2D eigenvalue weighted by atomic mass is 35.5. The topological polar surface area (TPSA) is 57.8 Å². The van der Waals surface area contributed by atoms with Crippen LogP contribution in [0.15, 0.2) is 30.6 Å². The SMILES string of the molecule is Cc1ccc(Cl)cc1C(=O)Nc1cn[nH]c1. The Morgan fingerprint density at radius 3 is 3.00 bits per heavy atom. The summed E-state index contributed by atoms with van der Waals surface area (Å²) < 4.78 is 0. The molecule has 2 aromatic rings. The summed E-state index contributed by atoms with van der Waals surface area (Å²) >= 11 is 5.84. The standard InChI is InChI=1S/C11H10ClN3O/c1-7-2-3-8(12)4-10(7)11(16)15-9-5-13-14-6-9/h2-6H,1H3,(H,13,14)(H,15,16). The minimum Gasteiger partial charge on any atom is -0.319 e. The van der Waals surface area contributed by atoms with E-state index in [0.717, 1.165) is 5.56 Å². The number of anilines is 1. The molecule has 0 radical (unpaired) electrons. The number of nitrogens with one attached hydrogen (secondary N) is 2. The second-order valence-corrected chi connectivity index (χ2v) is 3.84. The average molecular weight is 236 g/mol. The van der Waals surface area contributed by atoms with Crippen LogP contribution >= 0.6 is 11.6 Å². The zero-order valence-corrected chi connectivity index (χ0v) is 9.38. The van der Waals surface area contributed by atoms with Crippen molar-refractivity contribution in [2.45, 2.75) is 6.92 Å². The Hall–Kier alpha value is -1.81. The van der Waals surface area contributed by atoms with Gasteiger partial charge in [-0.2, -0.15) is 5.10 Å². The number of halogens is 1. The number of hydrogen-bond donors (Lipinski definition) is 2. The normalized spacial score (nSPS) is 10.1. The van der Waals surface area contributed by atoms with Gasteiger partial charge in [0.05, 0.1) is 11.9 Å². The Kier molecular flexibility index (Phi) is 2.92. The van der Waals surface area contributed by atoms with Crippen LogP contribution in [0.5, 0.6) is 0 Å². The molecule has 4 nitrogen and oxygen atoms in total. The highest BCUT2D eigenvalue weighted by Gasteiger charge is 2.10. The molecule has 0 bridgehead atoms. The van der Waals surface area contributed by atoms with Crippen molar-refractivity contribution in [3.63, 3.8) is 0 Å². The zero-order chi connectivity index (χ0) is 11.5. The van der Waals surface area contributed by atoms with Gasteiger partial charge in [0.2, 0.25) is 0 Å². The largest absolute Gasteiger partial charge is 0.319 e. The fourth-order valence-electron chi connectivity index (χ4n) is 1.36. The lowest BCUT2D eigenvalue weighted by Gasteiger charge is -2.06. The second-order valence-electron chi connectivity index (χ2n) is 3.40. The number of nitrogens with zero attached hydrogens (tertiary/aromatic N) is 1. The Morgan fingerprint density at radius 2 is 2.31 bits per heavy atom. The molecule has 0 saturated heterocycles. The molecule has 0 fully saturated rings. The van der Waals surface area contributed by atoms with Gasteiger partial charge in [-0.15, -0.1) is 0 Å². The Balaban J connectivity index is 2.24. The van der Waals surface area contributed by atoms with Crippen LogP contribution in [0.4, 0.5) is 5.69 Å². The minimum absolute atomic E-state index is 0.193. The van der Waals surface area contributed by atoms with E-state index in [1.807, 2.05) is 13.0 Å². The molecule has 0 aliphatic rings. The first-order valence-electron chi connectivity index (χ1n) is 4.73. The summed E-state index contributed by atoms with van der Waals surface area (Å²) in [6, 6.07) is 5.21. The molecule has 1 heterocycles. The van der Waals surface area contributed by atoms with Gasteiger partial charge < -0.3 is 5.32 Å². The van der Waals surface area contributed by atoms with Gasteiger partial charge >= 0.3 is 0 Å². The molecule has 1 amide bonds. The smallest absolute Gasteiger partial charge is 0.256 e. The van der Waals surface area contributed by atoms with Crippen LogP contribution in [-0.4, -0.2) is 16.1 Å². The van der Waals surface area contributed by atoms with Gasteiger partial charge in [-0.1, -0.05) is 17.7 Å². The lowest BCUT2D eigenvalue weighted by molar-refractivity contribution is 0.102. The van der Waals surface area contributed by atoms with Crippen LogP contribution in [-0.2, 0) is 0 Å². The number of aromatic amines is 1. The summed E-state index contributed by atoms with van der Waals surface area (Å²) in [6.45, 7) is 1.86. The molecule has 0 aliphatic heterocycles. The first-order valence-corrected chi connectivity index (χ1v) is 5.11. The van der Waals surface area contributed by atoms with Crippen molar-refractivity contribution in [2.75, 3.05) is 5.32 Å². The quantitative estimate of drug-likeness (QED) is 0.841. The lowest BCUT2D eigenvalue weighted by atomic mass is 10.1. The van der Waals surface area contributed by atoms with Crippen molar-refractivity contribution in [3.05, 3.63) is 46.7 Å². The third kappa shape index (κ3) is 2.23. The summed E-state index contributed by atoms with van der Waals surface area (Å²) in [6.07, 6.45) is 3.15. The molecule has 16 heavy (non-hydrogen) atoms. The van der Waals surface area contributed by atoms with Crippen LogP contribution < -0.4 is 5.32 Å². The molecule has 0 unspecified atom stereocenters. The predicted octanol–water partition coefficient (Wildman–Crippen LogP) is 2.62. The summed E-state index contributed by atoms with van der Waals surface area (Å²) in [7, 11) is 0. The molecule has 1 aromatic carbocycles. The van der Waals surface area contributed by atoms with Crippen LogP contribution in [0.2, 0.25) is 5.02 Å². The van der Waals surface area contributed by atoms with Gasteiger partial charge in [-0.05, 0) is 24.6 Å². The molecule has 1 aromatic heterocycles. The van der Waals surface area contributed by atoms with E-state index in [-0.39, 0.29) is 5.91 Å². The van der Waals surface area contributed by atoms with Gasteiger partial charge in [0.25, 0.3) is 5.91 Å². The van der Waals surface area contributed by atoms with E-state index in [0.29, 0.717) is 16.3 Å². The summed E-state index contributed by atoms with van der Waals surface area (Å²) in [4.78, 5) is 11.9. The molecule has 82 valence electrons. The van der Waals surface area contributed by atoms with Crippen LogP contribution in [0.1, 0.15) is 15.9 Å². The van der Waals surface area contributed by atoms with E-state index in [9.17, 15) is 4.79 Å². The van der Waals surface area contributed by atoms with E-state index in [4.69, 9.17) is 11.6 Å². The Morgan fingerprint density at radius 1 is 1.50 bits per heavy atom. The van der Waals surface area contributed by atoms with Crippen molar-refractivity contribution in [3.8, 4) is 0 Å². The van der Waals surface area contributed by atoms with E-state index < -0.39 is 0 Å². The number of aryl methyl sites for hydroxylation is 1. The molecule has 0 aliphatic carbocycles. The zero-order valence-electron chi connectivity index (χ0n) is 8.62. The number of aromatic nitrogens is 2. The number of carbonyl (C=O) groups is 1. The number of amides is 1. The monoisotopic (exact) mass is 235 g/mol. The maximum atomic E-state index is 11.9. The average Bonchev–Trinajstić information content (AvgIpc) is 2.74. The first-order chi connectivity index (χ1) is 7.66. The molecule has 0 saturated carbocycles. The second kappa shape index (κ2) is 4.37. The number of rotatable bonds is 2. The first kappa shape index (κ1) is 10.7. The molecular formula is C11H10ClN3O. The fraction of sp³-hybridized carbons (Fsp3) is 0.0909. The number of benzene rings is 1. The van der Waals surface area contributed by atoms with Crippen molar-refractivity contribution in [2.24, 2.45) is 0 Å². The van der Waals surface area contributed by atoms with Crippen LogP contribution in [0, 0.1) is 6.92 Å². The molecule has 5 heteroatoms. The maximum Gasteiger partial charge on any atom is 0.256 e. The van der Waals surface area contributed by atoms with Crippen molar-refractivity contribution >= 4 is 23.2 Å². The van der Waals surface area contributed by atoms with E-state index in [1.165, 1.54) is 6.20 Å². The van der Waals surface area contributed by atoms with Crippen molar-refractivity contribution < 1.29 is 4.79 Å². The van der Waals surface area contributed by atoms with Gasteiger partial charge in [-0.3, -0.25) is 9.89 Å². The highest BCUT2D eigenvalue weighted by molar-refractivity contribution is 6.31. The fourth-order valence-corrected chi connectivity index (χ4v) is 1.53. The van der Waals surface area contributed by atoms with E-state index >= 15 is 0 Å². The summed E-state index contributed by atoms with van der Waals surface area (Å²) in [5, 5.41) is 9.62. The molecule has 2 N–H and O–H groups in total. The summed E-state index contributed by atoms with van der Waals surface area (Å²) in [5.41, 5.74) is 2.07. The molecule has 0 atom stereocenters. The van der Waals surface area contributed by atoms with Crippen LogP contribution in [0.3, 0.4) is 0 Å². The molecule has 0 spiro atoms. The summed E-state index contributed by atoms with van der Waals surface area (Å²) in [5.74, 6) is -0.193. The molecular weight excluding hydrogens is 226 g/mol. The lowest BCUT2D eigenvalue weighted by Crippen LogP contribution is -2.12. The minimum atomic E-state index is -0.193. The third-order valence-electron chi connectivity index (χ3n) is 2.20. The van der Waals surface area contributed by atoms with E-state index in [2.05, 4.69) is 15.5 Å². The highest BCUT2D eigenvalue weighted by Crippen LogP contribution is 2.16. The Bertz CT molecular complexity index is 508. The van der Waals surface area contributed by atoms with Gasteiger partial charge in [0, 0.05) is 16.8 Å². The Labute approximate surface area is 97.6 Å². The van der Waals surface area contributed by atoms with Gasteiger partial charge in [-0.25, -0.2) is 0 Å². The third-order valence-corrected chi connectivity index (χ3v) is 2.44. The number of carbonyl (C=O) groups excluding carboxylic acids is 1. The molecule has 2 rings (SSSR count). The van der Waals surface area contributed by atoms with Gasteiger partial charge in [0.15, 0.2) is 0 Å². The number of H-pyrrole nitrogens is 1. The van der Waals surface area contributed by atoms with Gasteiger partial charge in [0.1, 0.15) is 0 Å². The van der Waals surface area contributed by atoms with Crippen molar-refractivity contribution in [1.82, 2.24) is 10.2 Å².